The zero-order valence-corrected chi connectivity index (χ0v) is 14.6. The second-order valence-corrected chi connectivity index (χ2v) is 6.31. The van der Waals surface area contributed by atoms with Crippen molar-refractivity contribution >= 4 is 5.91 Å². The zero-order valence-electron chi connectivity index (χ0n) is 14.6. The highest BCUT2D eigenvalue weighted by Crippen LogP contribution is 2.26. The smallest absolute Gasteiger partial charge is 0.259 e. The molecule has 1 unspecified atom stereocenters. The molecule has 0 aliphatic carbocycles. The fraction of sp³-hybridized carbons (Fsp3) is 0.250. The quantitative estimate of drug-likeness (QED) is 0.766. The maximum atomic E-state index is 13.0. The Morgan fingerprint density at radius 2 is 1.89 bits per heavy atom. The minimum Gasteiger partial charge on any atom is -0.389 e. The van der Waals surface area contributed by atoms with E-state index in [2.05, 4.69) is 10.1 Å². The van der Waals surface area contributed by atoms with E-state index in [1.54, 1.807) is 23.1 Å². The molecule has 1 atom stereocenters. The molecule has 7 heteroatoms. The van der Waals surface area contributed by atoms with Gasteiger partial charge >= 0.3 is 0 Å². The topological polar surface area (TPSA) is 88.7 Å². The molecular weight excluding hydrogens is 346 g/mol. The lowest BCUT2D eigenvalue weighted by atomic mass is 10.1. The third kappa shape index (κ3) is 3.74. The van der Waals surface area contributed by atoms with Gasteiger partial charge in [0.25, 0.3) is 11.8 Å². The molecule has 4 rings (SSSR count). The molecule has 1 saturated heterocycles. The highest BCUT2D eigenvalue weighted by atomic mass is 16.5. The molecule has 1 aromatic heterocycles. The van der Waals surface area contributed by atoms with Crippen LogP contribution in [-0.2, 0) is 4.74 Å². The first kappa shape index (κ1) is 17.4. The highest BCUT2D eigenvalue weighted by molar-refractivity contribution is 6.00. The first-order chi connectivity index (χ1) is 13.2. The highest BCUT2D eigenvalue weighted by Gasteiger charge is 2.25. The Balaban J connectivity index is 1.65. The van der Waals surface area contributed by atoms with E-state index in [9.17, 15) is 9.90 Å². The lowest BCUT2D eigenvalue weighted by Gasteiger charge is -2.22. The molecule has 3 aromatic rings. The number of hydrogen-bond donors (Lipinski definition) is 1. The van der Waals surface area contributed by atoms with Gasteiger partial charge in [0.1, 0.15) is 0 Å². The van der Waals surface area contributed by atoms with E-state index in [-0.39, 0.29) is 24.9 Å². The third-order valence-corrected chi connectivity index (χ3v) is 4.38. The van der Waals surface area contributed by atoms with Crippen LogP contribution in [-0.4, -0.2) is 58.5 Å². The number of aliphatic hydroxyl groups excluding tert-OH is 1. The van der Waals surface area contributed by atoms with Crippen molar-refractivity contribution < 1.29 is 19.2 Å². The number of benzene rings is 2. The number of β-amino-alcohol motifs (C(OH)–C–C–N with tert-alkyl or cyclic N) is 1. The van der Waals surface area contributed by atoms with Crippen molar-refractivity contribution in [1.82, 2.24) is 15.0 Å². The summed E-state index contributed by atoms with van der Waals surface area (Å²) < 4.78 is 10.7. The van der Waals surface area contributed by atoms with Crippen molar-refractivity contribution in [3.63, 3.8) is 0 Å². The standard InChI is InChI=1S/C20H19N3O4/c24-15-12-23(10-11-26-13-15)20(25)17-9-5-4-8-16(17)19-21-18(22-27-19)14-6-2-1-3-7-14/h1-9,15,24H,10-13H2. The van der Waals surface area contributed by atoms with Crippen molar-refractivity contribution in [2.75, 3.05) is 26.3 Å². The molecule has 7 nitrogen and oxygen atoms in total. The average Bonchev–Trinajstić information content (AvgIpc) is 3.10. The second kappa shape index (κ2) is 7.69. The number of aromatic nitrogens is 2. The summed E-state index contributed by atoms with van der Waals surface area (Å²) >= 11 is 0. The van der Waals surface area contributed by atoms with Gasteiger partial charge in [0.05, 0.1) is 30.4 Å². The van der Waals surface area contributed by atoms with E-state index in [1.807, 2.05) is 36.4 Å². The van der Waals surface area contributed by atoms with Gasteiger partial charge < -0.3 is 19.3 Å². The number of amides is 1. The van der Waals surface area contributed by atoms with E-state index in [4.69, 9.17) is 9.26 Å². The first-order valence-electron chi connectivity index (χ1n) is 8.76. The van der Waals surface area contributed by atoms with Gasteiger partial charge in [-0.15, -0.1) is 0 Å². The molecule has 1 amide bonds. The van der Waals surface area contributed by atoms with Gasteiger partial charge in [-0.05, 0) is 12.1 Å². The Morgan fingerprint density at radius 1 is 1.11 bits per heavy atom. The Kier molecular flexibility index (Phi) is 4.95. The molecule has 0 spiro atoms. The SMILES string of the molecule is O=C(c1ccccc1-c1nc(-c2ccccc2)no1)N1CCOCC(O)C1. The van der Waals surface area contributed by atoms with Crippen LogP contribution in [0.4, 0.5) is 0 Å². The molecule has 0 saturated carbocycles. The zero-order chi connectivity index (χ0) is 18.6. The van der Waals surface area contributed by atoms with Crippen molar-refractivity contribution in [2.45, 2.75) is 6.10 Å². The predicted octanol–water partition coefficient (Wildman–Crippen LogP) is 2.24. The number of hydrogen-bond acceptors (Lipinski definition) is 6. The fourth-order valence-electron chi connectivity index (χ4n) is 3.04. The monoisotopic (exact) mass is 365 g/mol. The molecule has 2 aromatic carbocycles. The van der Waals surface area contributed by atoms with Gasteiger partial charge in [-0.2, -0.15) is 4.98 Å². The second-order valence-electron chi connectivity index (χ2n) is 6.31. The number of rotatable bonds is 3. The van der Waals surface area contributed by atoms with Crippen molar-refractivity contribution in [3.05, 3.63) is 60.2 Å². The fourth-order valence-corrected chi connectivity index (χ4v) is 3.04. The van der Waals surface area contributed by atoms with Crippen LogP contribution in [0.15, 0.2) is 59.1 Å². The lowest BCUT2D eigenvalue weighted by molar-refractivity contribution is 0.0534. The summed E-state index contributed by atoms with van der Waals surface area (Å²) in [5, 5.41) is 13.9. The number of ether oxygens (including phenoxy) is 1. The number of nitrogens with zero attached hydrogens (tertiary/aromatic N) is 3. The van der Waals surface area contributed by atoms with Crippen LogP contribution in [0, 0.1) is 0 Å². The van der Waals surface area contributed by atoms with E-state index < -0.39 is 6.10 Å². The van der Waals surface area contributed by atoms with Crippen molar-refractivity contribution in [3.8, 4) is 22.8 Å². The lowest BCUT2D eigenvalue weighted by Crippen LogP contribution is -2.37. The summed E-state index contributed by atoms with van der Waals surface area (Å²) in [5.74, 6) is 0.547. The molecule has 1 N–H and O–H groups in total. The van der Waals surface area contributed by atoms with Crippen LogP contribution in [0.25, 0.3) is 22.8 Å². The Hall–Kier alpha value is -3.03. The number of carbonyl (C=O) groups excluding carboxylic acids is 1. The maximum Gasteiger partial charge on any atom is 0.259 e. The Morgan fingerprint density at radius 3 is 2.74 bits per heavy atom. The van der Waals surface area contributed by atoms with Crippen LogP contribution in [0.1, 0.15) is 10.4 Å². The number of aliphatic hydroxyl groups is 1. The minimum atomic E-state index is -0.698. The van der Waals surface area contributed by atoms with Crippen LogP contribution >= 0.6 is 0 Å². The molecule has 1 aliphatic heterocycles. The van der Waals surface area contributed by atoms with Crippen molar-refractivity contribution in [2.24, 2.45) is 0 Å². The van der Waals surface area contributed by atoms with Crippen LogP contribution < -0.4 is 0 Å². The van der Waals surface area contributed by atoms with Crippen LogP contribution in [0.2, 0.25) is 0 Å². The molecule has 2 heterocycles. The van der Waals surface area contributed by atoms with Crippen molar-refractivity contribution in [1.29, 1.82) is 0 Å². The number of carbonyl (C=O) groups is 1. The van der Waals surface area contributed by atoms with Gasteiger partial charge in [0, 0.05) is 18.7 Å². The van der Waals surface area contributed by atoms with Gasteiger partial charge in [0.2, 0.25) is 5.82 Å². The molecule has 138 valence electrons. The maximum absolute atomic E-state index is 13.0. The molecule has 27 heavy (non-hydrogen) atoms. The summed E-state index contributed by atoms with van der Waals surface area (Å²) in [6.07, 6.45) is -0.698. The van der Waals surface area contributed by atoms with Gasteiger partial charge in [-0.3, -0.25) is 4.79 Å². The molecule has 0 radical (unpaired) electrons. The van der Waals surface area contributed by atoms with E-state index >= 15 is 0 Å². The third-order valence-electron chi connectivity index (χ3n) is 4.38. The normalized spacial score (nSPS) is 17.5. The summed E-state index contributed by atoms with van der Waals surface area (Å²) in [6, 6.07) is 16.6. The molecule has 0 bridgehead atoms. The van der Waals surface area contributed by atoms with Gasteiger partial charge in [-0.25, -0.2) is 0 Å². The van der Waals surface area contributed by atoms with Crippen LogP contribution in [0.5, 0.6) is 0 Å². The van der Waals surface area contributed by atoms with E-state index in [0.717, 1.165) is 5.56 Å². The van der Waals surface area contributed by atoms with Crippen LogP contribution in [0.3, 0.4) is 0 Å². The van der Waals surface area contributed by atoms with E-state index in [0.29, 0.717) is 30.1 Å². The first-order valence-corrected chi connectivity index (χ1v) is 8.76. The molecular formula is C20H19N3O4. The Bertz CT molecular complexity index is 926. The minimum absolute atomic E-state index is 0.199. The average molecular weight is 365 g/mol. The molecule has 1 aliphatic rings. The Labute approximate surface area is 156 Å². The largest absolute Gasteiger partial charge is 0.389 e. The van der Waals surface area contributed by atoms with Gasteiger partial charge in [0.15, 0.2) is 0 Å². The predicted molar refractivity (Wildman–Crippen MR) is 97.9 cm³/mol. The van der Waals surface area contributed by atoms with Gasteiger partial charge in [-0.1, -0.05) is 47.6 Å². The summed E-state index contributed by atoms with van der Waals surface area (Å²) in [5.41, 5.74) is 1.86. The van der Waals surface area contributed by atoms with E-state index in [1.165, 1.54) is 0 Å². The summed E-state index contributed by atoms with van der Waals surface area (Å²) in [6.45, 7) is 1.27. The summed E-state index contributed by atoms with van der Waals surface area (Å²) in [4.78, 5) is 19.1. The molecule has 1 fully saturated rings. The summed E-state index contributed by atoms with van der Waals surface area (Å²) in [7, 11) is 0.